The van der Waals surface area contributed by atoms with Gasteiger partial charge in [-0.05, 0) is 12.1 Å². The lowest BCUT2D eigenvalue weighted by molar-refractivity contribution is -0.130. The van der Waals surface area contributed by atoms with Crippen LogP contribution >= 0.6 is 0 Å². The zero-order valence-corrected chi connectivity index (χ0v) is 14.3. The summed E-state index contributed by atoms with van der Waals surface area (Å²) in [6, 6.07) is 7.58. The van der Waals surface area contributed by atoms with Gasteiger partial charge < -0.3 is 9.80 Å². The highest BCUT2D eigenvalue weighted by Crippen LogP contribution is 2.16. The molecule has 0 saturated carbocycles. The Morgan fingerprint density at radius 1 is 1.00 bits per heavy atom. The van der Waals surface area contributed by atoms with Crippen molar-refractivity contribution < 1.29 is 4.79 Å². The van der Waals surface area contributed by atoms with Crippen LogP contribution in [0.15, 0.2) is 55.5 Å². The summed E-state index contributed by atoms with van der Waals surface area (Å²) < 4.78 is 1.85. The van der Waals surface area contributed by atoms with Crippen molar-refractivity contribution in [1.82, 2.24) is 29.4 Å². The van der Waals surface area contributed by atoms with E-state index in [1.807, 2.05) is 39.9 Å². The Balaban J connectivity index is 1.38. The van der Waals surface area contributed by atoms with E-state index in [4.69, 9.17) is 0 Å². The number of rotatable bonds is 4. The van der Waals surface area contributed by atoms with Gasteiger partial charge in [0.15, 0.2) is 0 Å². The summed E-state index contributed by atoms with van der Waals surface area (Å²) >= 11 is 0. The van der Waals surface area contributed by atoms with Crippen molar-refractivity contribution in [2.45, 2.75) is 6.42 Å². The predicted molar refractivity (Wildman–Crippen MR) is 95.9 cm³/mol. The van der Waals surface area contributed by atoms with Crippen LogP contribution in [-0.4, -0.2) is 61.5 Å². The molecule has 26 heavy (non-hydrogen) atoms. The fraction of sp³-hybridized carbons (Fsp3) is 0.278. The number of anilines is 1. The van der Waals surface area contributed by atoms with Gasteiger partial charge in [-0.1, -0.05) is 6.07 Å². The minimum Gasteiger partial charge on any atom is -0.353 e. The van der Waals surface area contributed by atoms with Crippen LogP contribution in [0.1, 0.15) is 5.69 Å². The van der Waals surface area contributed by atoms with Crippen molar-refractivity contribution in [3.63, 3.8) is 0 Å². The van der Waals surface area contributed by atoms with Crippen molar-refractivity contribution in [3.8, 4) is 5.82 Å². The van der Waals surface area contributed by atoms with Crippen LogP contribution in [0.4, 0.5) is 5.82 Å². The Kier molecular flexibility index (Phi) is 4.55. The molecule has 3 aromatic heterocycles. The summed E-state index contributed by atoms with van der Waals surface area (Å²) in [6.07, 6.45) is 8.89. The normalized spacial score (nSPS) is 14.5. The first-order valence-corrected chi connectivity index (χ1v) is 8.52. The number of piperazine rings is 1. The molecule has 0 aliphatic carbocycles. The number of carbonyl (C=O) groups excluding carboxylic acids is 1. The average molecular weight is 349 g/mol. The van der Waals surface area contributed by atoms with Crippen LogP contribution in [-0.2, 0) is 11.2 Å². The molecule has 1 aliphatic rings. The number of carbonyl (C=O) groups is 1. The lowest BCUT2D eigenvalue weighted by Crippen LogP contribution is -2.49. The molecule has 8 nitrogen and oxygen atoms in total. The minimum absolute atomic E-state index is 0.116. The van der Waals surface area contributed by atoms with Gasteiger partial charge >= 0.3 is 0 Å². The Morgan fingerprint density at radius 3 is 2.58 bits per heavy atom. The van der Waals surface area contributed by atoms with E-state index in [9.17, 15) is 4.79 Å². The quantitative estimate of drug-likeness (QED) is 0.698. The van der Waals surface area contributed by atoms with Crippen molar-refractivity contribution in [1.29, 1.82) is 0 Å². The van der Waals surface area contributed by atoms with Gasteiger partial charge in [0.25, 0.3) is 0 Å². The number of hydrogen-bond acceptors (Lipinski definition) is 6. The second-order valence-corrected chi connectivity index (χ2v) is 6.07. The average Bonchev–Trinajstić information content (AvgIpc) is 3.24. The molecule has 132 valence electrons. The molecule has 0 radical (unpaired) electrons. The third-order valence-corrected chi connectivity index (χ3v) is 4.42. The van der Waals surface area contributed by atoms with Crippen molar-refractivity contribution in [2.75, 3.05) is 31.1 Å². The molecule has 1 aliphatic heterocycles. The molecule has 3 aromatic rings. The Morgan fingerprint density at radius 2 is 1.85 bits per heavy atom. The molecule has 4 rings (SSSR count). The van der Waals surface area contributed by atoms with Gasteiger partial charge in [-0.3, -0.25) is 14.3 Å². The molecule has 1 saturated heterocycles. The van der Waals surface area contributed by atoms with Gasteiger partial charge in [-0.2, -0.15) is 0 Å². The number of amides is 1. The number of hydrogen-bond donors (Lipinski definition) is 0. The maximum absolute atomic E-state index is 12.5. The number of aromatic nitrogens is 5. The monoisotopic (exact) mass is 349 g/mol. The summed E-state index contributed by atoms with van der Waals surface area (Å²) in [5.74, 6) is 1.76. The fourth-order valence-electron chi connectivity index (χ4n) is 3.00. The van der Waals surface area contributed by atoms with Gasteiger partial charge in [0.05, 0.1) is 6.42 Å². The molecule has 8 heteroatoms. The first kappa shape index (κ1) is 16.2. The predicted octanol–water partition coefficient (Wildman–Crippen LogP) is 0.949. The van der Waals surface area contributed by atoms with Gasteiger partial charge in [-0.15, -0.1) is 0 Å². The van der Waals surface area contributed by atoms with Gasteiger partial charge in [-0.25, -0.2) is 15.0 Å². The Bertz CT molecular complexity index is 858. The number of pyridine rings is 1. The first-order chi connectivity index (χ1) is 12.8. The number of imidazole rings is 1. The first-order valence-electron chi connectivity index (χ1n) is 8.52. The van der Waals surface area contributed by atoms with E-state index in [-0.39, 0.29) is 5.91 Å². The fourth-order valence-corrected chi connectivity index (χ4v) is 3.00. The molecule has 1 fully saturated rings. The van der Waals surface area contributed by atoms with Gasteiger partial charge in [0.2, 0.25) is 5.91 Å². The summed E-state index contributed by atoms with van der Waals surface area (Å²) in [7, 11) is 0. The molecule has 0 N–H and O–H groups in total. The molecule has 0 atom stereocenters. The van der Waals surface area contributed by atoms with E-state index in [0.717, 1.165) is 30.4 Å². The van der Waals surface area contributed by atoms with Gasteiger partial charge in [0, 0.05) is 56.5 Å². The maximum Gasteiger partial charge on any atom is 0.228 e. The molecule has 0 unspecified atom stereocenters. The van der Waals surface area contributed by atoms with E-state index in [2.05, 4.69) is 24.8 Å². The van der Waals surface area contributed by atoms with Gasteiger partial charge in [0.1, 0.15) is 24.3 Å². The summed E-state index contributed by atoms with van der Waals surface area (Å²) in [5, 5.41) is 0. The highest BCUT2D eigenvalue weighted by molar-refractivity contribution is 5.78. The van der Waals surface area contributed by atoms with Crippen LogP contribution in [0.5, 0.6) is 0 Å². The topological polar surface area (TPSA) is 80.0 Å². The standard InChI is InChI=1S/C18H19N7O/c26-18(11-15-3-1-2-4-20-15)24-9-7-23(8-10-24)16-12-17(22-13-21-16)25-6-5-19-14-25/h1-6,12-14H,7-11H2. The van der Waals surface area contributed by atoms with Crippen LogP contribution in [0.25, 0.3) is 5.82 Å². The molecular formula is C18H19N7O. The van der Waals surface area contributed by atoms with Crippen LogP contribution in [0, 0.1) is 0 Å². The highest BCUT2D eigenvalue weighted by Gasteiger charge is 2.22. The molecule has 1 amide bonds. The lowest BCUT2D eigenvalue weighted by atomic mass is 10.2. The van der Waals surface area contributed by atoms with E-state index in [0.29, 0.717) is 19.5 Å². The zero-order chi connectivity index (χ0) is 17.8. The SMILES string of the molecule is O=C(Cc1ccccn1)N1CCN(c2cc(-n3ccnc3)ncn2)CC1. The summed E-state index contributed by atoms with van der Waals surface area (Å²) in [4.78, 5) is 33.4. The third kappa shape index (κ3) is 3.53. The van der Waals surface area contributed by atoms with Crippen LogP contribution in [0.3, 0.4) is 0 Å². The van der Waals surface area contributed by atoms with Crippen LogP contribution in [0.2, 0.25) is 0 Å². The zero-order valence-electron chi connectivity index (χ0n) is 14.3. The molecule has 0 bridgehead atoms. The summed E-state index contributed by atoms with van der Waals surface area (Å²) in [6.45, 7) is 2.84. The molecule has 0 spiro atoms. The van der Waals surface area contributed by atoms with E-state index >= 15 is 0 Å². The second kappa shape index (κ2) is 7.30. The largest absolute Gasteiger partial charge is 0.353 e. The Labute approximate surface area is 151 Å². The highest BCUT2D eigenvalue weighted by atomic mass is 16.2. The van der Waals surface area contributed by atoms with E-state index < -0.39 is 0 Å². The number of nitrogens with zero attached hydrogens (tertiary/aromatic N) is 7. The molecule has 0 aromatic carbocycles. The van der Waals surface area contributed by atoms with E-state index in [1.54, 1.807) is 25.0 Å². The van der Waals surface area contributed by atoms with Crippen molar-refractivity contribution >= 4 is 11.7 Å². The minimum atomic E-state index is 0.116. The molecular weight excluding hydrogens is 330 g/mol. The maximum atomic E-state index is 12.5. The van der Waals surface area contributed by atoms with Crippen LogP contribution < -0.4 is 4.90 Å². The van der Waals surface area contributed by atoms with E-state index in [1.165, 1.54) is 0 Å². The third-order valence-electron chi connectivity index (χ3n) is 4.42. The second-order valence-electron chi connectivity index (χ2n) is 6.07. The summed E-state index contributed by atoms with van der Waals surface area (Å²) in [5.41, 5.74) is 0.806. The smallest absolute Gasteiger partial charge is 0.228 e. The van der Waals surface area contributed by atoms with Crippen molar-refractivity contribution in [2.24, 2.45) is 0 Å². The van der Waals surface area contributed by atoms with Crippen molar-refractivity contribution in [3.05, 3.63) is 61.2 Å². The molecule has 4 heterocycles. The Hall–Kier alpha value is -3.29. The lowest BCUT2D eigenvalue weighted by Gasteiger charge is -2.35.